The number of aromatic nitrogens is 3. The Hall–Kier alpha value is -1.02. The van der Waals surface area contributed by atoms with E-state index in [9.17, 15) is 0 Å². The molecule has 1 aliphatic rings. The second kappa shape index (κ2) is 7.04. The lowest BCUT2D eigenvalue weighted by Gasteiger charge is -2.16. The zero-order valence-electron chi connectivity index (χ0n) is 12.1. The maximum Gasteiger partial charge on any atom is 0.212 e. The van der Waals surface area contributed by atoms with Crippen LogP contribution in [0.5, 0.6) is 0 Å². The summed E-state index contributed by atoms with van der Waals surface area (Å²) in [5.74, 6) is 2.48. The van der Waals surface area contributed by atoms with Gasteiger partial charge in [-0.3, -0.25) is 0 Å². The summed E-state index contributed by atoms with van der Waals surface area (Å²) in [6.45, 7) is 0. The first-order valence-electron chi connectivity index (χ1n) is 6.85. The second-order valence-corrected chi connectivity index (χ2v) is 7.25. The Morgan fingerprint density at radius 1 is 1.36 bits per heavy atom. The molecule has 22 heavy (non-hydrogen) atoms. The predicted octanol–water partition coefficient (Wildman–Crippen LogP) is 3.04. The van der Waals surface area contributed by atoms with Gasteiger partial charge >= 0.3 is 0 Å². The molecular weight excluding hydrogens is 338 g/mol. The summed E-state index contributed by atoms with van der Waals surface area (Å²) in [6, 6.07) is 7.55. The van der Waals surface area contributed by atoms with Gasteiger partial charge in [0, 0.05) is 10.8 Å². The van der Waals surface area contributed by atoms with Gasteiger partial charge in [-0.1, -0.05) is 35.5 Å². The van der Waals surface area contributed by atoms with Crippen molar-refractivity contribution in [2.24, 2.45) is 10.8 Å². The van der Waals surface area contributed by atoms with Gasteiger partial charge in [-0.2, -0.15) is 21.5 Å². The van der Waals surface area contributed by atoms with E-state index in [1.807, 2.05) is 24.3 Å². The molecule has 2 aromatic rings. The molecule has 0 saturated carbocycles. The van der Waals surface area contributed by atoms with Gasteiger partial charge in [0.05, 0.1) is 11.8 Å². The van der Waals surface area contributed by atoms with Crippen molar-refractivity contribution in [3.63, 3.8) is 0 Å². The van der Waals surface area contributed by atoms with Crippen LogP contribution in [0.4, 0.5) is 0 Å². The van der Waals surface area contributed by atoms with Gasteiger partial charge in [0.1, 0.15) is 0 Å². The first-order chi connectivity index (χ1) is 10.7. The van der Waals surface area contributed by atoms with Gasteiger partial charge in [-0.25, -0.2) is 0 Å². The van der Waals surface area contributed by atoms with Gasteiger partial charge in [0.2, 0.25) is 5.16 Å². The smallest absolute Gasteiger partial charge is 0.212 e. The number of benzene rings is 1. The Morgan fingerprint density at radius 3 is 2.86 bits per heavy atom. The van der Waals surface area contributed by atoms with Crippen LogP contribution in [0.15, 0.2) is 34.5 Å². The highest BCUT2D eigenvalue weighted by Crippen LogP contribution is 2.27. The molecule has 1 aliphatic heterocycles. The Balaban J connectivity index is 1.90. The van der Waals surface area contributed by atoms with Gasteiger partial charge in [-0.15, -0.1) is 10.2 Å². The monoisotopic (exact) mass is 353 g/mol. The van der Waals surface area contributed by atoms with E-state index in [-0.39, 0.29) is 6.04 Å². The Morgan fingerprint density at radius 2 is 2.14 bits per heavy atom. The highest BCUT2D eigenvalue weighted by molar-refractivity contribution is 7.99. The minimum Gasteiger partial charge on any atom is -0.321 e. The van der Waals surface area contributed by atoms with E-state index >= 15 is 0 Å². The number of nitrogens with zero attached hydrogens (tertiary/aromatic N) is 4. The highest BCUT2D eigenvalue weighted by atomic mass is 35.5. The maximum absolute atomic E-state index is 6.22. The van der Waals surface area contributed by atoms with Crippen LogP contribution >= 0.6 is 35.1 Å². The van der Waals surface area contributed by atoms with E-state index in [1.54, 1.807) is 28.2 Å². The lowest BCUT2D eigenvalue weighted by atomic mass is 10.1. The molecule has 0 amide bonds. The molecule has 0 radical (unpaired) electrons. The Bertz CT molecular complexity index is 683. The Labute approximate surface area is 142 Å². The van der Waals surface area contributed by atoms with Gasteiger partial charge < -0.3 is 5.73 Å². The van der Waals surface area contributed by atoms with Crippen LogP contribution < -0.4 is 5.73 Å². The van der Waals surface area contributed by atoms with E-state index in [0.29, 0.717) is 0 Å². The highest BCUT2D eigenvalue weighted by Gasteiger charge is 2.23. The van der Waals surface area contributed by atoms with Crippen LogP contribution in [0, 0.1) is 0 Å². The first kappa shape index (κ1) is 15.9. The fourth-order valence-electron chi connectivity index (χ4n) is 2.13. The molecule has 0 fully saturated rings. The molecule has 0 saturated heterocycles. The van der Waals surface area contributed by atoms with Crippen molar-refractivity contribution in [1.82, 2.24) is 14.9 Å². The van der Waals surface area contributed by atoms with Crippen LogP contribution in [-0.4, -0.2) is 38.3 Å². The molecule has 116 valence electrons. The number of halogens is 1. The molecule has 3 rings (SSSR count). The molecule has 1 aromatic heterocycles. The fraction of sp³-hybridized carbons (Fsp3) is 0.357. The summed E-state index contributed by atoms with van der Waals surface area (Å²) >= 11 is 9.34. The van der Waals surface area contributed by atoms with Crippen LogP contribution in [0.2, 0.25) is 5.02 Å². The minimum absolute atomic E-state index is 0.150. The standard InChI is InChI=1S/C14H16ClN5S2/c1-21-7-6-11(16)13-17-18-14-20(13)19-12(8-22-14)9-2-4-10(15)5-3-9/h2-5,11H,6-8,16H2,1H3. The van der Waals surface area contributed by atoms with Crippen molar-refractivity contribution in [1.29, 1.82) is 0 Å². The van der Waals surface area contributed by atoms with Crippen molar-refractivity contribution in [2.75, 3.05) is 17.8 Å². The largest absolute Gasteiger partial charge is 0.321 e. The van der Waals surface area contributed by atoms with E-state index < -0.39 is 0 Å². The van der Waals surface area contributed by atoms with Gasteiger partial charge in [-0.05, 0) is 36.1 Å². The number of rotatable bonds is 5. The normalized spacial score (nSPS) is 15.3. The SMILES string of the molecule is CSCCC(N)c1nnc2n1N=C(c1ccc(Cl)cc1)CS2. The van der Waals surface area contributed by atoms with Crippen molar-refractivity contribution >= 4 is 40.8 Å². The topological polar surface area (TPSA) is 69.1 Å². The molecule has 2 N–H and O–H groups in total. The van der Waals surface area contributed by atoms with Gasteiger partial charge in [0.25, 0.3) is 0 Å². The van der Waals surface area contributed by atoms with Crippen molar-refractivity contribution in [3.8, 4) is 0 Å². The molecular formula is C14H16ClN5S2. The summed E-state index contributed by atoms with van der Waals surface area (Å²) in [7, 11) is 0. The molecule has 0 spiro atoms. The van der Waals surface area contributed by atoms with E-state index in [2.05, 4.69) is 16.5 Å². The Kier molecular flexibility index (Phi) is 5.07. The predicted molar refractivity (Wildman–Crippen MR) is 94.1 cm³/mol. The maximum atomic E-state index is 6.22. The fourth-order valence-corrected chi connectivity index (χ4v) is 3.59. The molecule has 1 atom stereocenters. The molecule has 2 heterocycles. The molecule has 1 unspecified atom stereocenters. The number of hydrogen-bond acceptors (Lipinski definition) is 6. The minimum atomic E-state index is -0.150. The third-order valence-electron chi connectivity index (χ3n) is 3.34. The third kappa shape index (κ3) is 3.32. The van der Waals surface area contributed by atoms with Crippen molar-refractivity contribution < 1.29 is 0 Å². The van der Waals surface area contributed by atoms with Crippen molar-refractivity contribution in [2.45, 2.75) is 17.6 Å². The average Bonchev–Trinajstić information content (AvgIpc) is 2.96. The van der Waals surface area contributed by atoms with Crippen LogP contribution in [-0.2, 0) is 0 Å². The molecule has 5 nitrogen and oxygen atoms in total. The first-order valence-corrected chi connectivity index (χ1v) is 9.61. The zero-order valence-corrected chi connectivity index (χ0v) is 14.5. The number of hydrogen-bond donors (Lipinski definition) is 1. The second-order valence-electron chi connectivity index (χ2n) is 4.88. The summed E-state index contributed by atoms with van der Waals surface area (Å²) in [4.78, 5) is 0. The van der Waals surface area contributed by atoms with Crippen LogP contribution in [0.25, 0.3) is 0 Å². The summed E-state index contributed by atoms with van der Waals surface area (Å²) in [6.07, 6.45) is 2.93. The molecule has 0 bridgehead atoms. The van der Waals surface area contributed by atoms with Gasteiger partial charge in [0.15, 0.2) is 5.82 Å². The zero-order chi connectivity index (χ0) is 15.5. The number of thioether (sulfide) groups is 2. The lowest BCUT2D eigenvalue weighted by Crippen LogP contribution is -2.20. The molecule has 1 aromatic carbocycles. The molecule has 8 heteroatoms. The van der Waals surface area contributed by atoms with E-state index in [0.717, 1.165) is 45.2 Å². The average molecular weight is 354 g/mol. The van der Waals surface area contributed by atoms with E-state index in [1.165, 1.54) is 0 Å². The van der Waals surface area contributed by atoms with Crippen LogP contribution in [0.1, 0.15) is 23.9 Å². The summed E-state index contributed by atoms with van der Waals surface area (Å²) in [5.41, 5.74) is 8.26. The van der Waals surface area contributed by atoms with Crippen molar-refractivity contribution in [3.05, 3.63) is 40.7 Å². The quantitative estimate of drug-likeness (QED) is 0.894. The number of nitrogens with two attached hydrogens (primary N) is 1. The summed E-state index contributed by atoms with van der Waals surface area (Å²) < 4.78 is 1.78. The summed E-state index contributed by atoms with van der Waals surface area (Å²) in [5, 5.41) is 14.6. The number of fused-ring (bicyclic) bond motifs is 1. The van der Waals surface area contributed by atoms with Crippen LogP contribution in [0.3, 0.4) is 0 Å². The molecule has 0 aliphatic carbocycles. The van der Waals surface area contributed by atoms with E-state index in [4.69, 9.17) is 22.4 Å². The lowest BCUT2D eigenvalue weighted by molar-refractivity contribution is 0.598. The third-order valence-corrected chi connectivity index (χ3v) is 5.16.